The van der Waals surface area contributed by atoms with Crippen molar-refractivity contribution in [1.82, 2.24) is 4.90 Å². The van der Waals surface area contributed by atoms with E-state index in [0.717, 1.165) is 0 Å². The topological polar surface area (TPSA) is 91.8 Å². The molecular formula is C28H35Cl2NO5S. The Bertz CT molecular complexity index is 1480. The van der Waals surface area contributed by atoms with Crippen LogP contribution in [0, 0.1) is 11.3 Å². The summed E-state index contributed by atoms with van der Waals surface area (Å²) in [5.41, 5.74) is -0.390. The number of nitrogens with zero attached hydrogens (tertiary/aromatic N) is 1. The minimum absolute atomic E-state index is 0.0345. The van der Waals surface area contributed by atoms with Gasteiger partial charge >= 0.3 is 5.97 Å². The van der Waals surface area contributed by atoms with Crippen LogP contribution in [-0.2, 0) is 19.4 Å². The van der Waals surface area contributed by atoms with E-state index in [1.54, 1.807) is 62.4 Å². The lowest BCUT2D eigenvalue weighted by molar-refractivity contribution is -0.161. The van der Waals surface area contributed by atoms with E-state index in [1.807, 2.05) is 0 Å². The fourth-order valence-corrected chi connectivity index (χ4v) is 6.63. The summed E-state index contributed by atoms with van der Waals surface area (Å²) in [5, 5.41) is 6.68. The molecule has 0 aromatic heterocycles. The van der Waals surface area contributed by atoms with Gasteiger partial charge in [-0.25, -0.2) is 8.42 Å². The van der Waals surface area contributed by atoms with Crippen LogP contribution in [0.15, 0.2) is 48.5 Å². The van der Waals surface area contributed by atoms with Crippen molar-refractivity contribution in [2.45, 2.75) is 70.5 Å². The maximum absolute atomic E-state index is 14.5. The molecule has 1 N–H and O–H groups in total. The number of piperidine rings is 1. The summed E-state index contributed by atoms with van der Waals surface area (Å²) in [7, 11) is -5.33. The normalized spacial score (nSPS) is 27.2. The lowest BCUT2D eigenvalue weighted by Gasteiger charge is -2.52. The molecule has 2 aromatic rings. The number of carbonyl (C=O) groups excluding carboxylic acids is 1. The highest BCUT2D eigenvalue weighted by molar-refractivity contribution is 7.92. The van der Waals surface area contributed by atoms with Crippen molar-refractivity contribution in [1.29, 1.82) is 0 Å². The number of carbonyl (C=O) groups is 2. The summed E-state index contributed by atoms with van der Waals surface area (Å²) in [6.07, 6.45) is -0.565. The van der Waals surface area contributed by atoms with E-state index < -0.39 is 82.2 Å². The van der Waals surface area contributed by atoms with Crippen molar-refractivity contribution in [3.8, 4) is 0 Å². The van der Waals surface area contributed by atoms with Crippen molar-refractivity contribution < 1.29 is 32.7 Å². The fraction of sp³-hybridized carbons (Fsp3) is 0.500. The Hall–Kier alpha value is -2.09. The summed E-state index contributed by atoms with van der Waals surface area (Å²) in [6, 6.07) is 10.9. The summed E-state index contributed by atoms with van der Waals surface area (Å²) < 4.78 is 82.7. The largest absolute Gasteiger partial charge is 0.481 e. The molecule has 0 radical (unpaired) electrons. The van der Waals surface area contributed by atoms with Gasteiger partial charge in [0, 0.05) is 31.6 Å². The first-order valence-corrected chi connectivity index (χ1v) is 14.2. The minimum atomic E-state index is -5.33. The molecule has 1 amide bonds. The van der Waals surface area contributed by atoms with E-state index in [1.165, 1.54) is 11.8 Å². The van der Waals surface area contributed by atoms with E-state index in [-0.39, 0.29) is 6.42 Å². The molecule has 3 rings (SSSR count). The van der Waals surface area contributed by atoms with E-state index in [4.69, 9.17) is 32.8 Å². The molecule has 37 heavy (non-hydrogen) atoms. The number of hydrogen-bond donors (Lipinski definition) is 1. The second kappa shape index (κ2) is 11.3. The van der Waals surface area contributed by atoms with E-state index in [2.05, 4.69) is 0 Å². The van der Waals surface area contributed by atoms with Crippen LogP contribution in [0.2, 0.25) is 10.0 Å². The van der Waals surface area contributed by atoms with Crippen LogP contribution < -0.4 is 0 Å². The Morgan fingerprint density at radius 2 is 1.81 bits per heavy atom. The van der Waals surface area contributed by atoms with Crippen molar-refractivity contribution >= 4 is 44.9 Å². The Morgan fingerprint density at radius 3 is 2.35 bits per heavy atom. The molecule has 0 spiro atoms. The number of likely N-dealkylation sites (tertiary alicyclic amines) is 1. The maximum Gasteiger partial charge on any atom is 0.304 e. The molecule has 1 aliphatic rings. The zero-order valence-electron chi connectivity index (χ0n) is 27.7. The predicted octanol–water partition coefficient (Wildman–Crippen LogP) is 6.38. The molecule has 0 bridgehead atoms. The number of carboxylic acids is 1. The number of amides is 1. The van der Waals surface area contributed by atoms with Crippen LogP contribution in [-0.4, -0.2) is 47.3 Å². The average molecular weight is 576 g/mol. The van der Waals surface area contributed by atoms with E-state index >= 15 is 0 Å². The minimum Gasteiger partial charge on any atom is -0.481 e. The third-order valence-corrected chi connectivity index (χ3v) is 8.85. The number of rotatable bonds is 9. The Kier molecular flexibility index (Phi) is 6.38. The highest BCUT2D eigenvalue weighted by Crippen LogP contribution is 2.52. The second-order valence-corrected chi connectivity index (χ2v) is 13.0. The molecule has 202 valence electrons. The average Bonchev–Trinajstić information content (AvgIpc) is 2.87. The van der Waals surface area contributed by atoms with E-state index in [0.29, 0.717) is 21.2 Å². The first-order valence-electron chi connectivity index (χ1n) is 15.2. The predicted molar refractivity (Wildman–Crippen MR) is 148 cm³/mol. The van der Waals surface area contributed by atoms with Gasteiger partial charge in [0.05, 0.1) is 28.9 Å². The molecule has 1 fully saturated rings. The summed E-state index contributed by atoms with van der Waals surface area (Å²) in [5.74, 6) is -4.49. The van der Waals surface area contributed by atoms with Gasteiger partial charge in [-0.2, -0.15) is 0 Å². The Balaban J connectivity index is 2.36. The van der Waals surface area contributed by atoms with Crippen LogP contribution >= 0.6 is 23.2 Å². The standard InChI is InChI=1S/C28H35Cl2NO5S/c1-17(2)24(16-37(35,36)18(3)4)31-26(19-9-11-21(29)12-10-19)23(20-7-6-8-22(30)13-20)14-28(5,27(31)34)15-25(32)33/h6-13,17-18,23-24,26H,14-16H2,1-5H3,(H,32,33)/t23-,24-,26-,28-/m1/s1/i3D3,4D3,18D. The van der Waals surface area contributed by atoms with Gasteiger partial charge in [-0.1, -0.05) is 68.2 Å². The van der Waals surface area contributed by atoms with Gasteiger partial charge in [-0.05, 0) is 61.4 Å². The number of halogens is 2. The lowest BCUT2D eigenvalue weighted by Crippen LogP contribution is -2.59. The Morgan fingerprint density at radius 1 is 1.16 bits per heavy atom. The summed E-state index contributed by atoms with van der Waals surface area (Å²) in [6.45, 7) is -2.89. The number of hydrogen-bond acceptors (Lipinski definition) is 4. The molecule has 2 aromatic carbocycles. The van der Waals surface area contributed by atoms with Gasteiger partial charge in [0.1, 0.15) is 0 Å². The molecular weight excluding hydrogens is 533 g/mol. The van der Waals surface area contributed by atoms with Gasteiger partial charge in [0.15, 0.2) is 9.84 Å². The van der Waals surface area contributed by atoms with Crippen molar-refractivity contribution in [2.24, 2.45) is 11.3 Å². The molecule has 0 aliphatic carbocycles. The molecule has 1 heterocycles. The van der Waals surface area contributed by atoms with Crippen molar-refractivity contribution in [3.63, 3.8) is 0 Å². The molecule has 9 heteroatoms. The number of carboxylic acid groups (broad SMARTS) is 1. The van der Waals surface area contributed by atoms with Gasteiger partial charge in [0.2, 0.25) is 5.91 Å². The third-order valence-electron chi connectivity index (χ3n) is 6.96. The highest BCUT2D eigenvalue weighted by atomic mass is 35.5. The Labute approximate surface area is 239 Å². The maximum atomic E-state index is 14.5. The van der Waals surface area contributed by atoms with Gasteiger partial charge < -0.3 is 10.0 Å². The second-order valence-electron chi connectivity index (χ2n) is 10.1. The smallest absolute Gasteiger partial charge is 0.304 e. The molecule has 1 aliphatic heterocycles. The monoisotopic (exact) mass is 574 g/mol. The van der Waals surface area contributed by atoms with Crippen molar-refractivity contribution in [3.05, 3.63) is 69.7 Å². The summed E-state index contributed by atoms with van der Waals surface area (Å²) in [4.78, 5) is 27.8. The van der Waals surface area contributed by atoms with Gasteiger partial charge in [0.25, 0.3) is 0 Å². The van der Waals surface area contributed by atoms with Crippen LogP contribution in [0.25, 0.3) is 0 Å². The first kappa shape index (κ1) is 20.8. The third kappa shape index (κ3) is 6.50. The molecule has 1 saturated heterocycles. The van der Waals surface area contributed by atoms with Crippen LogP contribution in [0.4, 0.5) is 0 Å². The quantitative estimate of drug-likeness (QED) is 0.375. The number of aliphatic carboxylic acids is 1. The lowest BCUT2D eigenvalue weighted by atomic mass is 9.66. The van der Waals surface area contributed by atoms with Crippen LogP contribution in [0.5, 0.6) is 0 Å². The first-order chi connectivity index (χ1) is 20.0. The zero-order valence-corrected chi connectivity index (χ0v) is 23.1. The van der Waals surface area contributed by atoms with E-state index in [9.17, 15) is 23.1 Å². The number of benzene rings is 2. The number of sulfone groups is 1. The zero-order chi connectivity index (χ0) is 33.6. The SMILES string of the molecule is [2H]C([2H])([2H])C([2H])(C([2H])([2H])[2H])S(=O)(=O)C[C@H](C(C)C)N1C(=O)[C@@](C)(CC(=O)O)C[C@H](c2cccc(Cl)c2)[C@H]1c1ccc(Cl)cc1. The molecule has 6 nitrogen and oxygen atoms in total. The van der Waals surface area contributed by atoms with Crippen LogP contribution in [0.1, 0.15) is 80.0 Å². The van der Waals surface area contributed by atoms with Gasteiger partial charge in [-0.3, -0.25) is 9.59 Å². The molecule has 4 atom stereocenters. The molecule has 0 saturated carbocycles. The highest BCUT2D eigenvalue weighted by Gasteiger charge is 2.53. The van der Waals surface area contributed by atoms with Gasteiger partial charge in [-0.15, -0.1) is 0 Å². The molecule has 0 unspecified atom stereocenters. The fourth-order valence-electron chi connectivity index (χ4n) is 5.15. The van der Waals surface area contributed by atoms with Crippen LogP contribution in [0.3, 0.4) is 0 Å². The van der Waals surface area contributed by atoms with Crippen molar-refractivity contribution in [2.75, 3.05) is 5.75 Å². The summed E-state index contributed by atoms with van der Waals surface area (Å²) >= 11 is 12.5.